The number of rotatable bonds is 5. The SMILES string of the molecule is C=C(CC)N(C)/C(C)=C/C=C\C(C)C. The Kier molecular flexibility index (Phi) is 6.02. The summed E-state index contributed by atoms with van der Waals surface area (Å²) in [6.45, 7) is 12.6. The molecule has 0 rings (SSSR count). The summed E-state index contributed by atoms with van der Waals surface area (Å²) in [7, 11) is 2.06. The molecule has 0 aliphatic heterocycles. The topological polar surface area (TPSA) is 3.24 Å². The van der Waals surface area contributed by atoms with Crippen molar-refractivity contribution in [1.82, 2.24) is 4.90 Å². The average molecular weight is 193 g/mol. The Hall–Kier alpha value is -0.980. The molecular weight excluding hydrogens is 170 g/mol. The summed E-state index contributed by atoms with van der Waals surface area (Å²) in [6.07, 6.45) is 7.42. The Morgan fingerprint density at radius 3 is 2.43 bits per heavy atom. The third kappa shape index (κ3) is 4.90. The van der Waals surface area contributed by atoms with Crippen LogP contribution in [0.5, 0.6) is 0 Å². The Bertz CT molecular complexity index is 234. The number of hydrogen-bond donors (Lipinski definition) is 0. The predicted octanol–water partition coefficient (Wildman–Crippen LogP) is 3.96. The van der Waals surface area contributed by atoms with Crippen LogP contribution >= 0.6 is 0 Å². The molecule has 0 fully saturated rings. The molecule has 14 heavy (non-hydrogen) atoms. The quantitative estimate of drug-likeness (QED) is 0.597. The van der Waals surface area contributed by atoms with Gasteiger partial charge in [-0.2, -0.15) is 0 Å². The Morgan fingerprint density at radius 1 is 1.43 bits per heavy atom. The van der Waals surface area contributed by atoms with Crippen LogP contribution in [0, 0.1) is 5.92 Å². The van der Waals surface area contributed by atoms with Crippen LogP contribution in [0.4, 0.5) is 0 Å². The van der Waals surface area contributed by atoms with E-state index in [1.165, 1.54) is 5.70 Å². The van der Waals surface area contributed by atoms with Gasteiger partial charge < -0.3 is 4.90 Å². The molecular formula is C13H23N. The largest absolute Gasteiger partial charge is 0.353 e. The third-order valence-electron chi connectivity index (χ3n) is 2.24. The molecule has 0 aliphatic rings. The summed E-state index contributed by atoms with van der Waals surface area (Å²) < 4.78 is 0. The maximum absolute atomic E-state index is 4.00. The molecule has 0 spiro atoms. The van der Waals surface area contributed by atoms with Gasteiger partial charge in [-0.05, 0) is 25.3 Å². The van der Waals surface area contributed by atoms with Gasteiger partial charge in [-0.25, -0.2) is 0 Å². The highest BCUT2D eigenvalue weighted by Gasteiger charge is 1.99. The highest BCUT2D eigenvalue weighted by atomic mass is 15.1. The number of allylic oxidation sites excluding steroid dienone is 5. The summed E-state index contributed by atoms with van der Waals surface area (Å²) >= 11 is 0. The van der Waals surface area contributed by atoms with Crippen molar-refractivity contribution in [2.75, 3.05) is 7.05 Å². The van der Waals surface area contributed by atoms with Crippen molar-refractivity contribution in [3.05, 3.63) is 36.2 Å². The second-order valence-corrected chi connectivity index (χ2v) is 3.92. The fourth-order valence-corrected chi connectivity index (χ4v) is 1.02. The van der Waals surface area contributed by atoms with Crippen molar-refractivity contribution >= 4 is 0 Å². The van der Waals surface area contributed by atoms with Crippen LogP contribution in [-0.4, -0.2) is 11.9 Å². The van der Waals surface area contributed by atoms with E-state index in [0.717, 1.165) is 12.1 Å². The summed E-state index contributed by atoms with van der Waals surface area (Å²) in [6, 6.07) is 0. The van der Waals surface area contributed by atoms with E-state index >= 15 is 0 Å². The van der Waals surface area contributed by atoms with Crippen LogP contribution in [0.2, 0.25) is 0 Å². The molecule has 0 aromatic rings. The zero-order chi connectivity index (χ0) is 11.1. The number of nitrogens with zero attached hydrogens (tertiary/aromatic N) is 1. The second kappa shape index (κ2) is 6.47. The fraction of sp³-hybridized carbons (Fsp3) is 0.538. The van der Waals surface area contributed by atoms with Gasteiger partial charge in [-0.15, -0.1) is 0 Å². The van der Waals surface area contributed by atoms with Crippen LogP contribution < -0.4 is 0 Å². The summed E-state index contributed by atoms with van der Waals surface area (Å²) in [5, 5.41) is 0. The molecule has 0 atom stereocenters. The molecule has 0 amide bonds. The Labute approximate surface area is 88.8 Å². The second-order valence-electron chi connectivity index (χ2n) is 3.92. The molecule has 0 saturated carbocycles. The van der Waals surface area contributed by atoms with Gasteiger partial charge in [0.2, 0.25) is 0 Å². The van der Waals surface area contributed by atoms with Crippen molar-refractivity contribution in [2.24, 2.45) is 5.92 Å². The first-order valence-corrected chi connectivity index (χ1v) is 5.25. The molecule has 80 valence electrons. The van der Waals surface area contributed by atoms with Crippen LogP contribution in [-0.2, 0) is 0 Å². The first-order chi connectivity index (χ1) is 6.49. The fourth-order valence-electron chi connectivity index (χ4n) is 1.02. The lowest BCUT2D eigenvalue weighted by Gasteiger charge is -2.21. The van der Waals surface area contributed by atoms with Gasteiger partial charge >= 0.3 is 0 Å². The van der Waals surface area contributed by atoms with E-state index in [4.69, 9.17) is 0 Å². The summed E-state index contributed by atoms with van der Waals surface area (Å²) in [5.41, 5.74) is 2.38. The van der Waals surface area contributed by atoms with Crippen LogP contribution in [0.3, 0.4) is 0 Å². The standard InChI is InChI=1S/C13H23N/c1-7-12(4)14(6)13(5)10-8-9-11(2)3/h8-11H,4,7H2,1-3,5-6H3/b9-8-,13-10+. The normalized spacial score (nSPS) is 12.6. The van der Waals surface area contributed by atoms with E-state index in [2.05, 4.69) is 64.4 Å². The van der Waals surface area contributed by atoms with Crippen LogP contribution in [0.25, 0.3) is 0 Å². The minimum atomic E-state index is 0.610. The van der Waals surface area contributed by atoms with Gasteiger partial charge in [0.05, 0.1) is 0 Å². The van der Waals surface area contributed by atoms with Crippen molar-refractivity contribution in [2.45, 2.75) is 34.1 Å². The van der Waals surface area contributed by atoms with Crippen LogP contribution in [0.15, 0.2) is 36.2 Å². The van der Waals surface area contributed by atoms with Gasteiger partial charge in [-0.1, -0.05) is 39.5 Å². The lowest BCUT2D eigenvalue weighted by Crippen LogP contribution is -2.13. The zero-order valence-electron chi connectivity index (χ0n) is 10.2. The average Bonchev–Trinajstić information content (AvgIpc) is 2.14. The van der Waals surface area contributed by atoms with Crippen molar-refractivity contribution in [3.63, 3.8) is 0 Å². The van der Waals surface area contributed by atoms with Gasteiger partial charge in [0, 0.05) is 18.4 Å². The molecule has 0 radical (unpaired) electrons. The molecule has 0 aliphatic carbocycles. The minimum Gasteiger partial charge on any atom is -0.353 e. The van der Waals surface area contributed by atoms with E-state index in [0.29, 0.717) is 5.92 Å². The molecule has 0 bridgehead atoms. The molecule has 0 N–H and O–H groups in total. The molecule has 0 heterocycles. The smallest absolute Gasteiger partial charge is 0.0142 e. The predicted molar refractivity (Wildman–Crippen MR) is 64.9 cm³/mol. The minimum absolute atomic E-state index is 0.610. The highest BCUT2D eigenvalue weighted by molar-refractivity contribution is 5.14. The maximum Gasteiger partial charge on any atom is 0.0142 e. The number of hydrogen-bond acceptors (Lipinski definition) is 1. The van der Waals surface area contributed by atoms with Crippen molar-refractivity contribution < 1.29 is 0 Å². The van der Waals surface area contributed by atoms with Gasteiger partial charge in [0.15, 0.2) is 0 Å². The lowest BCUT2D eigenvalue weighted by molar-refractivity contribution is 0.505. The van der Waals surface area contributed by atoms with E-state index in [1.807, 2.05) is 0 Å². The van der Waals surface area contributed by atoms with Gasteiger partial charge in [0.1, 0.15) is 0 Å². The molecule has 0 saturated heterocycles. The molecule has 1 heteroatoms. The maximum atomic E-state index is 4.00. The first-order valence-electron chi connectivity index (χ1n) is 5.25. The van der Waals surface area contributed by atoms with Gasteiger partial charge in [0.25, 0.3) is 0 Å². The van der Waals surface area contributed by atoms with E-state index in [9.17, 15) is 0 Å². The molecule has 1 nitrogen and oxygen atoms in total. The summed E-state index contributed by atoms with van der Waals surface area (Å²) in [5.74, 6) is 0.610. The van der Waals surface area contributed by atoms with Crippen molar-refractivity contribution in [1.29, 1.82) is 0 Å². The third-order valence-corrected chi connectivity index (χ3v) is 2.24. The first kappa shape index (κ1) is 13.0. The van der Waals surface area contributed by atoms with Gasteiger partial charge in [-0.3, -0.25) is 0 Å². The van der Waals surface area contributed by atoms with E-state index < -0.39 is 0 Å². The Morgan fingerprint density at radius 2 is 2.00 bits per heavy atom. The zero-order valence-corrected chi connectivity index (χ0v) is 10.2. The van der Waals surface area contributed by atoms with Crippen molar-refractivity contribution in [3.8, 4) is 0 Å². The molecule has 0 aromatic carbocycles. The van der Waals surface area contributed by atoms with E-state index in [1.54, 1.807) is 0 Å². The Balaban J connectivity index is 4.30. The van der Waals surface area contributed by atoms with E-state index in [-0.39, 0.29) is 0 Å². The monoisotopic (exact) mass is 193 g/mol. The lowest BCUT2D eigenvalue weighted by atomic mass is 10.2. The molecule has 0 unspecified atom stereocenters. The molecule has 0 aromatic heterocycles. The highest BCUT2D eigenvalue weighted by Crippen LogP contribution is 2.10. The van der Waals surface area contributed by atoms with Crippen LogP contribution in [0.1, 0.15) is 34.1 Å². The summed E-state index contributed by atoms with van der Waals surface area (Å²) in [4.78, 5) is 2.13.